The summed E-state index contributed by atoms with van der Waals surface area (Å²) in [6, 6.07) is 15.3. The summed E-state index contributed by atoms with van der Waals surface area (Å²) in [4.78, 5) is 27.3. The molecule has 3 N–H and O–H groups in total. The number of aromatic nitrogens is 2. The molecule has 0 saturated carbocycles. The zero-order valence-electron chi connectivity index (χ0n) is 22.0. The fourth-order valence-corrected chi connectivity index (χ4v) is 5.32. The van der Waals surface area contributed by atoms with Crippen molar-refractivity contribution in [3.8, 4) is 0 Å². The number of anilines is 1. The number of aliphatic hydroxyl groups is 1. The van der Waals surface area contributed by atoms with Gasteiger partial charge in [0.2, 0.25) is 5.91 Å². The molecule has 3 aromatic rings. The number of carbonyl (C=O) groups excluding carboxylic acids is 1. The molecule has 1 aliphatic heterocycles. The van der Waals surface area contributed by atoms with E-state index in [1.165, 1.54) is 0 Å². The monoisotopic (exact) mass is 553 g/mol. The number of rotatable bonds is 13. The Bertz CT molecular complexity index is 1210. The number of carboxylic acid groups (broad SMARTS) is 1. The van der Waals surface area contributed by atoms with Crippen LogP contribution in [0.5, 0.6) is 0 Å². The molecule has 1 aromatic heterocycles. The van der Waals surface area contributed by atoms with Crippen molar-refractivity contribution >= 4 is 29.3 Å². The maximum atomic E-state index is 12.3. The standard InChI is InChI=1S/C29H35N3O6S/c1-32-16-15-30-29(32)39-19-24-17-25(21-9-7-20(18-33)8-10-21)38-28(37-24)22-11-13-23(14-12-22)31-26(34)5-3-2-4-6-27(35)36/h7-16,24-25,28,33H,2-6,17-19H2,1H3,(H,31,34)(H,35,36)/t24-,25+,28+/m0/s1. The summed E-state index contributed by atoms with van der Waals surface area (Å²) in [6.45, 7) is -0.00587. The Kier molecular flexibility index (Phi) is 10.5. The van der Waals surface area contributed by atoms with E-state index in [2.05, 4.69) is 10.3 Å². The number of aliphatic hydroxyl groups excluding tert-OH is 1. The van der Waals surface area contributed by atoms with Crippen molar-refractivity contribution in [1.82, 2.24) is 9.55 Å². The van der Waals surface area contributed by atoms with Gasteiger partial charge >= 0.3 is 5.97 Å². The number of nitrogens with zero attached hydrogens (tertiary/aromatic N) is 2. The minimum atomic E-state index is -0.811. The molecule has 10 heteroatoms. The van der Waals surface area contributed by atoms with Crippen LogP contribution in [0, 0.1) is 0 Å². The summed E-state index contributed by atoms with van der Waals surface area (Å²) in [5, 5.41) is 21.9. The van der Waals surface area contributed by atoms with Gasteiger partial charge in [-0.2, -0.15) is 0 Å². The lowest BCUT2D eigenvalue weighted by Gasteiger charge is -2.36. The normalized spacial score (nSPS) is 19.1. The number of aryl methyl sites for hydroxylation is 1. The number of nitrogens with one attached hydrogen (secondary N) is 1. The number of hydrogen-bond acceptors (Lipinski definition) is 7. The molecular weight excluding hydrogens is 518 g/mol. The van der Waals surface area contributed by atoms with Crippen molar-refractivity contribution in [1.29, 1.82) is 0 Å². The van der Waals surface area contributed by atoms with Crippen molar-refractivity contribution in [2.75, 3.05) is 11.1 Å². The highest BCUT2D eigenvalue weighted by Gasteiger charge is 2.32. The zero-order chi connectivity index (χ0) is 27.6. The van der Waals surface area contributed by atoms with Gasteiger partial charge in [0.05, 0.1) is 18.8 Å². The Morgan fingerprint density at radius 2 is 1.74 bits per heavy atom. The Morgan fingerprint density at radius 1 is 1.03 bits per heavy atom. The molecule has 1 fully saturated rings. The van der Waals surface area contributed by atoms with Gasteiger partial charge in [-0.25, -0.2) is 4.98 Å². The molecule has 9 nitrogen and oxygen atoms in total. The van der Waals surface area contributed by atoms with E-state index in [1.54, 1.807) is 18.0 Å². The van der Waals surface area contributed by atoms with Crippen molar-refractivity contribution in [2.45, 2.75) is 68.8 Å². The van der Waals surface area contributed by atoms with E-state index in [-0.39, 0.29) is 31.1 Å². The molecule has 1 aliphatic rings. The number of benzene rings is 2. The Morgan fingerprint density at radius 3 is 2.41 bits per heavy atom. The van der Waals surface area contributed by atoms with E-state index < -0.39 is 12.3 Å². The molecule has 2 heterocycles. The van der Waals surface area contributed by atoms with Gasteiger partial charge in [0.15, 0.2) is 11.4 Å². The van der Waals surface area contributed by atoms with E-state index in [0.29, 0.717) is 37.8 Å². The van der Waals surface area contributed by atoms with Gasteiger partial charge in [-0.1, -0.05) is 54.6 Å². The molecule has 0 bridgehead atoms. The van der Waals surface area contributed by atoms with Crippen LogP contribution in [-0.4, -0.2) is 43.5 Å². The third-order valence-corrected chi connectivity index (χ3v) is 7.74. The first-order chi connectivity index (χ1) is 18.9. The Hall–Kier alpha value is -3.18. The molecular formula is C29H35N3O6S. The summed E-state index contributed by atoms with van der Waals surface area (Å²) in [7, 11) is 1.97. The largest absolute Gasteiger partial charge is 0.481 e. The molecule has 39 heavy (non-hydrogen) atoms. The van der Waals surface area contributed by atoms with Gasteiger partial charge < -0.3 is 29.6 Å². The highest BCUT2D eigenvalue weighted by atomic mass is 32.2. The summed E-state index contributed by atoms with van der Waals surface area (Å²) >= 11 is 1.64. The zero-order valence-corrected chi connectivity index (χ0v) is 22.8. The first kappa shape index (κ1) is 28.8. The van der Waals surface area contributed by atoms with Gasteiger partial charge in [-0.15, -0.1) is 0 Å². The topological polar surface area (TPSA) is 123 Å². The second kappa shape index (κ2) is 14.3. The molecule has 4 rings (SSSR count). The highest BCUT2D eigenvalue weighted by Crippen LogP contribution is 2.39. The smallest absolute Gasteiger partial charge is 0.303 e. The van der Waals surface area contributed by atoms with Crippen LogP contribution in [-0.2, 0) is 32.7 Å². The first-order valence-electron chi connectivity index (χ1n) is 13.1. The van der Waals surface area contributed by atoms with Crippen LogP contribution in [0.15, 0.2) is 66.1 Å². The van der Waals surface area contributed by atoms with Crippen molar-refractivity contribution < 1.29 is 29.3 Å². The number of aliphatic carboxylic acids is 1. The number of unbranched alkanes of at least 4 members (excludes halogenated alkanes) is 2. The summed E-state index contributed by atoms with van der Waals surface area (Å²) in [6.07, 6.45) is 5.97. The number of amides is 1. The number of carbonyl (C=O) groups is 2. The number of carboxylic acids is 1. The van der Waals surface area contributed by atoms with Crippen LogP contribution in [0.4, 0.5) is 5.69 Å². The fourth-order valence-electron chi connectivity index (χ4n) is 4.37. The van der Waals surface area contributed by atoms with E-state index in [4.69, 9.17) is 14.6 Å². The van der Waals surface area contributed by atoms with E-state index in [0.717, 1.165) is 27.6 Å². The highest BCUT2D eigenvalue weighted by molar-refractivity contribution is 7.99. The third-order valence-electron chi connectivity index (χ3n) is 6.55. The molecule has 1 saturated heterocycles. The SMILES string of the molecule is Cn1ccnc1SC[C@@H]1C[C@H](c2ccc(CO)cc2)O[C@H](c2ccc(NC(=O)CCCCCC(=O)O)cc2)O1. The third kappa shape index (κ3) is 8.66. The molecule has 0 radical (unpaired) electrons. The minimum absolute atomic E-state index is 0.00587. The van der Waals surface area contributed by atoms with Crippen LogP contribution < -0.4 is 5.32 Å². The van der Waals surface area contributed by atoms with Crippen molar-refractivity contribution in [3.63, 3.8) is 0 Å². The maximum absolute atomic E-state index is 12.3. The lowest BCUT2D eigenvalue weighted by atomic mass is 10.0. The van der Waals surface area contributed by atoms with Gasteiger partial charge in [-0.3, -0.25) is 9.59 Å². The lowest BCUT2D eigenvalue weighted by molar-refractivity contribution is -0.245. The van der Waals surface area contributed by atoms with Gasteiger partial charge in [0, 0.05) is 55.7 Å². The van der Waals surface area contributed by atoms with Crippen LogP contribution in [0.1, 0.15) is 67.6 Å². The summed E-state index contributed by atoms with van der Waals surface area (Å²) in [5.41, 5.74) is 3.41. The average Bonchev–Trinajstić information content (AvgIpc) is 3.36. The minimum Gasteiger partial charge on any atom is -0.481 e. The second-order valence-corrected chi connectivity index (χ2v) is 10.6. The Labute approximate surface area is 232 Å². The average molecular weight is 554 g/mol. The summed E-state index contributed by atoms with van der Waals surface area (Å²) < 4.78 is 14.7. The Balaban J connectivity index is 1.38. The maximum Gasteiger partial charge on any atom is 0.303 e. The number of ether oxygens (including phenoxy) is 2. The first-order valence-corrected chi connectivity index (χ1v) is 14.1. The fraction of sp³-hybridized carbons (Fsp3) is 0.414. The lowest BCUT2D eigenvalue weighted by Crippen LogP contribution is -2.31. The van der Waals surface area contributed by atoms with Crippen molar-refractivity contribution in [3.05, 3.63) is 77.6 Å². The molecule has 2 aromatic carbocycles. The van der Waals surface area contributed by atoms with E-state index in [1.807, 2.05) is 66.3 Å². The number of hydrogen-bond donors (Lipinski definition) is 3. The molecule has 3 atom stereocenters. The van der Waals surface area contributed by atoms with Crippen LogP contribution in [0.3, 0.4) is 0 Å². The second-order valence-electron chi connectivity index (χ2n) is 9.61. The number of thioether (sulfide) groups is 1. The van der Waals surface area contributed by atoms with Gasteiger partial charge in [0.1, 0.15) is 0 Å². The van der Waals surface area contributed by atoms with E-state index in [9.17, 15) is 14.7 Å². The summed E-state index contributed by atoms with van der Waals surface area (Å²) in [5.74, 6) is -0.188. The van der Waals surface area contributed by atoms with Crippen LogP contribution in [0.2, 0.25) is 0 Å². The van der Waals surface area contributed by atoms with Crippen molar-refractivity contribution in [2.24, 2.45) is 7.05 Å². The quantitative estimate of drug-likeness (QED) is 0.194. The van der Waals surface area contributed by atoms with Crippen LogP contribution in [0.25, 0.3) is 0 Å². The number of imidazole rings is 1. The van der Waals surface area contributed by atoms with Gasteiger partial charge in [-0.05, 0) is 36.1 Å². The molecule has 0 unspecified atom stereocenters. The molecule has 1 amide bonds. The molecule has 208 valence electrons. The predicted octanol–water partition coefficient (Wildman–Crippen LogP) is 5.22. The van der Waals surface area contributed by atoms with Crippen LogP contribution >= 0.6 is 11.8 Å². The predicted molar refractivity (Wildman–Crippen MR) is 148 cm³/mol. The molecule has 0 spiro atoms. The van der Waals surface area contributed by atoms with E-state index >= 15 is 0 Å². The molecule has 0 aliphatic carbocycles. The van der Waals surface area contributed by atoms with Gasteiger partial charge in [0.25, 0.3) is 0 Å².